The van der Waals surface area contributed by atoms with E-state index in [4.69, 9.17) is 19.2 Å². The van der Waals surface area contributed by atoms with Crippen molar-refractivity contribution >= 4 is 32.6 Å². The van der Waals surface area contributed by atoms with Crippen molar-refractivity contribution in [1.82, 2.24) is 9.97 Å². The first kappa shape index (κ1) is 19.3. The zero-order chi connectivity index (χ0) is 21.2. The van der Waals surface area contributed by atoms with Crippen LogP contribution in [0.2, 0.25) is 0 Å². The summed E-state index contributed by atoms with van der Waals surface area (Å²) in [6, 6.07) is 16.8. The number of carbonyl (C=O) groups excluding carboxylic acids is 1. The highest BCUT2D eigenvalue weighted by atomic mass is 32.1. The van der Waals surface area contributed by atoms with Crippen LogP contribution in [-0.4, -0.2) is 35.7 Å². The Balaban J connectivity index is 1.49. The molecule has 0 unspecified atom stereocenters. The molecule has 1 aliphatic rings. The number of fused-ring (bicyclic) bond motifs is 2. The Hall–Kier alpha value is -3.65. The summed E-state index contributed by atoms with van der Waals surface area (Å²) in [5.41, 5.74) is 1.67. The van der Waals surface area contributed by atoms with E-state index in [1.165, 1.54) is 11.3 Å². The molecule has 0 spiro atoms. The monoisotopic (exact) mass is 433 g/mol. The van der Waals surface area contributed by atoms with Crippen LogP contribution in [0.3, 0.4) is 0 Å². The number of ether oxygens (including phenoxy) is 3. The van der Waals surface area contributed by atoms with Crippen LogP contribution in [0, 0.1) is 0 Å². The normalized spacial score (nSPS) is 14.9. The van der Waals surface area contributed by atoms with Crippen LogP contribution in [-0.2, 0) is 11.3 Å². The zero-order valence-electron chi connectivity index (χ0n) is 16.7. The second-order valence-electron chi connectivity index (χ2n) is 6.98. The molecule has 0 aliphatic carbocycles. The summed E-state index contributed by atoms with van der Waals surface area (Å²) < 4.78 is 18.0. The molecule has 7 nitrogen and oxygen atoms in total. The maximum Gasteiger partial charge on any atom is 0.273 e. The molecule has 8 heteroatoms. The first-order valence-corrected chi connectivity index (χ1v) is 10.6. The zero-order valence-corrected chi connectivity index (χ0v) is 17.5. The van der Waals surface area contributed by atoms with Gasteiger partial charge in [0.1, 0.15) is 12.4 Å². The van der Waals surface area contributed by atoms with Gasteiger partial charge in [-0.05, 0) is 35.9 Å². The molecule has 2 aromatic heterocycles. The van der Waals surface area contributed by atoms with Gasteiger partial charge in [0, 0.05) is 18.5 Å². The largest absolute Gasteiger partial charge is 0.497 e. The lowest BCUT2D eigenvalue weighted by molar-refractivity contribution is -0.127. The van der Waals surface area contributed by atoms with Gasteiger partial charge in [-0.2, -0.15) is 0 Å². The lowest BCUT2D eigenvalue weighted by Gasteiger charge is -2.29. The van der Waals surface area contributed by atoms with Gasteiger partial charge in [-0.3, -0.25) is 14.7 Å². The molecule has 1 aliphatic heterocycles. The minimum absolute atomic E-state index is 0.137. The van der Waals surface area contributed by atoms with E-state index in [9.17, 15) is 4.79 Å². The molecule has 2 aromatic carbocycles. The van der Waals surface area contributed by atoms with E-state index in [2.05, 4.69) is 4.98 Å². The number of benzene rings is 2. The summed E-state index contributed by atoms with van der Waals surface area (Å²) in [4.78, 5) is 24.1. The molecule has 156 valence electrons. The minimum atomic E-state index is -0.770. The van der Waals surface area contributed by atoms with Crippen molar-refractivity contribution in [3.05, 3.63) is 72.6 Å². The number of hydrogen-bond acceptors (Lipinski definition) is 7. The fourth-order valence-electron chi connectivity index (χ4n) is 3.37. The molecule has 0 fully saturated rings. The van der Waals surface area contributed by atoms with E-state index in [-0.39, 0.29) is 12.5 Å². The number of carbonyl (C=O) groups is 1. The van der Waals surface area contributed by atoms with Gasteiger partial charge < -0.3 is 14.2 Å². The molecule has 3 heterocycles. The quantitative estimate of drug-likeness (QED) is 0.472. The van der Waals surface area contributed by atoms with Gasteiger partial charge in [0.2, 0.25) is 6.10 Å². The summed E-state index contributed by atoms with van der Waals surface area (Å²) in [7, 11) is 1.62. The van der Waals surface area contributed by atoms with Crippen LogP contribution in [0.15, 0.2) is 67.0 Å². The Morgan fingerprint density at radius 3 is 2.87 bits per heavy atom. The number of hydrogen-bond donors (Lipinski definition) is 0. The van der Waals surface area contributed by atoms with Crippen molar-refractivity contribution in [1.29, 1.82) is 0 Å². The second-order valence-corrected chi connectivity index (χ2v) is 7.99. The Bertz CT molecular complexity index is 1230. The third-order valence-electron chi connectivity index (χ3n) is 4.93. The number of anilines is 1. The molecular weight excluding hydrogens is 414 g/mol. The van der Waals surface area contributed by atoms with Gasteiger partial charge >= 0.3 is 0 Å². The number of rotatable bonds is 5. The molecule has 4 aromatic rings. The van der Waals surface area contributed by atoms with Gasteiger partial charge in [0.05, 0.1) is 23.9 Å². The number of nitrogens with zero attached hydrogens (tertiary/aromatic N) is 3. The van der Waals surface area contributed by atoms with Crippen molar-refractivity contribution in [2.75, 3.05) is 18.6 Å². The van der Waals surface area contributed by atoms with E-state index in [1.54, 1.807) is 30.5 Å². The fraction of sp³-hybridized carbons (Fsp3) is 0.174. The van der Waals surface area contributed by atoms with Crippen LogP contribution < -0.4 is 19.1 Å². The van der Waals surface area contributed by atoms with E-state index in [0.717, 1.165) is 21.5 Å². The van der Waals surface area contributed by atoms with Crippen LogP contribution in [0.1, 0.15) is 5.56 Å². The number of amides is 1. The van der Waals surface area contributed by atoms with Gasteiger partial charge in [-0.15, -0.1) is 0 Å². The van der Waals surface area contributed by atoms with Crippen molar-refractivity contribution in [2.45, 2.75) is 12.6 Å². The molecule has 0 saturated heterocycles. The second kappa shape index (κ2) is 8.23. The van der Waals surface area contributed by atoms with E-state index >= 15 is 0 Å². The summed E-state index contributed by atoms with van der Waals surface area (Å²) in [6.45, 7) is 0.462. The number of aromatic nitrogens is 2. The predicted molar refractivity (Wildman–Crippen MR) is 118 cm³/mol. The average molecular weight is 433 g/mol. The van der Waals surface area contributed by atoms with Crippen LogP contribution in [0.5, 0.6) is 17.2 Å². The molecule has 1 amide bonds. The third kappa shape index (κ3) is 3.89. The lowest BCUT2D eigenvalue weighted by Crippen LogP contribution is -2.46. The maximum atomic E-state index is 13.6. The first-order chi connectivity index (χ1) is 15.2. The molecule has 0 N–H and O–H groups in total. The lowest BCUT2D eigenvalue weighted by atomic mass is 10.2. The average Bonchev–Trinajstić information content (AvgIpc) is 3.25. The number of methoxy groups -OCH3 is 1. The molecule has 1 atom stereocenters. The Kier molecular flexibility index (Phi) is 5.13. The Labute approximate surface area is 182 Å². The number of pyridine rings is 1. The van der Waals surface area contributed by atoms with Crippen LogP contribution in [0.25, 0.3) is 10.2 Å². The number of para-hydroxylation sites is 2. The molecular formula is C23H19N3O4S. The highest BCUT2D eigenvalue weighted by Crippen LogP contribution is 2.35. The molecule has 5 rings (SSSR count). The molecule has 0 bridgehead atoms. The van der Waals surface area contributed by atoms with E-state index in [0.29, 0.717) is 23.2 Å². The summed E-state index contributed by atoms with van der Waals surface area (Å²) in [5, 5.41) is 0.583. The highest BCUT2D eigenvalue weighted by molar-refractivity contribution is 7.22. The van der Waals surface area contributed by atoms with Gasteiger partial charge in [0.25, 0.3) is 5.91 Å². The summed E-state index contributed by atoms with van der Waals surface area (Å²) in [6.07, 6.45) is 2.67. The standard InChI is InChI=1S/C23H19N3O4S/c1-28-16-8-9-21-17(11-16)25-23(31-21)26(13-15-5-4-10-24-12-15)22(27)20-14-29-18-6-2-3-7-19(18)30-20/h2-12,20H,13-14H2,1H3/t20-/m1/s1. The fourth-order valence-corrected chi connectivity index (χ4v) is 4.32. The maximum absolute atomic E-state index is 13.6. The van der Waals surface area contributed by atoms with Crippen molar-refractivity contribution in [2.24, 2.45) is 0 Å². The van der Waals surface area contributed by atoms with E-state index in [1.807, 2.05) is 48.5 Å². The summed E-state index contributed by atoms with van der Waals surface area (Å²) in [5.74, 6) is 1.69. The number of thiazole rings is 1. The Morgan fingerprint density at radius 2 is 2.06 bits per heavy atom. The molecule has 0 saturated carbocycles. The van der Waals surface area contributed by atoms with Crippen molar-refractivity contribution in [3.8, 4) is 17.2 Å². The molecule has 0 radical (unpaired) electrons. The topological polar surface area (TPSA) is 73.8 Å². The third-order valence-corrected chi connectivity index (χ3v) is 5.99. The van der Waals surface area contributed by atoms with Crippen molar-refractivity contribution < 1.29 is 19.0 Å². The SMILES string of the molecule is COc1ccc2sc(N(Cc3cccnc3)C(=O)[C@H]3COc4ccccc4O3)nc2c1. The van der Waals surface area contributed by atoms with Crippen LogP contribution in [0.4, 0.5) is 5.13 Å². The highest BCUT2D eigenvalue weighted by Gasteiger charge is 2.33. The summed E-state index contributed by atoms with van der Waals surface area (Å²) >= 11 is 1.44. The van der Waals surface area contributed by atoms with Gasteiger partial charge in [0.15, 0.2) is 16.6 Å². The molecule has 31 heavy (non-hydrogen) atoms. The van der Waals surface area contributed by atoms with Crippen LogP contribution >= 0.6 is 11.3 Å². The first-order valence-electron chi connectivity index (χ1n) is 9.74. The Morgan fingerprint density at radius 1 is 1.19 bits per heavy atom. The smallest absolute Gasteiger partial charge is 0.273 e. The van der Waals surface area contributed by atoms with Crippen molar-refractivity contribution in [3.63, 3.8) is 0 Å². The van der Waals surface area contributed by atoms with Gasteiger partial charge in [-0.1, -0.05) is 29.5 Å². The minimum Gasteiger partial charge on any atom is -0.497 e. The van der Waals surface area contributed by atoms with Gasteiger partial charge in [-0.25, -0.2) is 4.98 Å². The predicted octanol–water partition coefficient (Wildman–Crippen LogP) is 4.07. The van der Waals surface area contributed by atoms with E-state index < -0.39 is 6.10 Å².